The van der Waals surface area contributed by atoms with Gasteiger partial charge in [-0.3, -0.25) is 0 Å². The highest BCUT2D eigenvalue weighted by Gasteiger charge is 2.49. The van der Waals surface area contributed by atoms with Crippen LogP contribution in [0.5, 0.6) is 0 Å². The standard InChI is InChI=1S/C35H58O8/c1-20(2)32-23(5)15-16-35(39,43-32)27(9)31(37)26(8)33-28(40-10)14-12-13-21(3)17-24(6)30(36)25(7)18-22(4)19-29(41-11)34(38)42-33/h12-14,18-20,23-28,30-33,36-37,39H,15-17H2,1-11H3/b14-12-,21-13-,22-18-,29-19+/t23-,24-,25+,26-,27-,28-,30-,31+,32+,33+,35+/m0/s1. The normalized spacial score (nSPS) is 40.1. The van der Waals surface area contributed by atoms with Gasteiger partial charge in [0.25, 0.3) is 0 Å². The van der Waals surface area contributed by atoms with Crippen LogP contribution >= 0.6 is 0 Å². The van der Waals surface area contributed by atoms with Crippen LogP contribution in [0, 0.1) is 35.5 Å². The first-order valence-corrected chi connectivity index (χ1v) is 15.8. The lowest BCUT2D eigenvalue weighted by molar-refractivity contribution is -0.311. The van der Waals surface area contributed by atoms with Gasteiger partial charge in [-0.2, -0.15) is 0 Å². The van der Waals surface area contributed by atoms with Crippen molar-refractivity contribution < 1.29 is 39.1 Å². The van der Waals surface area contributed by atoms with Crippen LogP contribution in [0.4, 0.5) is 0 Å². The fourth-order valence-electron chi connectivity index (χ4n) is 6.55. The number of carbonyl (C=O) groups is 1. The zero-order valence-electron chi connectivity index (χ0n) is 28.2. The van der Waals surface area contributed by atoms with Crippen LogP contribution in [0.2, 0.25) is 0 Å². The van der Waals surface area contributed by atoms with Gasteiger partial charge in [-0.1, -0.05) is 83.9 Å². The number of cyclic esters (lactones) is 1. The molecule has 1 fully saturated rings. The van der Waals surface area contributed by atoms with Crippen molar-refractivity contribution in [3.05, 3.63) is 47.3 Å². The molecule has 1 saturated heterocycles. The molecule has 2 aliphatic heterocycles. The number of allylic oxidation sites excluding steroid dienone is 5. The summed E-state index contributed by atoms with van der Waals surface area (Å²) in [5, 5.41) is 34.2. The number of ether oxygens (including phenoxy) is 4. The molecule has 0 saturated carbocycles. The van der Waals surface area contributed by atoms with Crippen LogP contribution < -0.4 is 0 Å². The predicted molar refractivity (Wildman–Crippen MR) is 169 cm³/mol. The molecule has 2 heterocycles. The molecule has 0 unspecified atom stereocenters. The molecule has 0 bridgehead atoms. The van der Waals surface area contributed by atoms with E-state index in [9.17, 15) is 20.1 Å². The fourth-order valence-corrected chi connectivity index (χ4v) is 6.55. The lowest BCUT2D eigenvalue weighted by atomic mass is 9.77. The highest BCUT2D eigenvalue weighted by molar-refractivity contribution is 5.87. The molecule has 3 N–H and O–H groups in total. The van der Waals surface area contributed by atoms with Crippen molar-refractivity contribution in [1.82, 2.24) is 0 Å². The van der Waals surface area contributed by atoms with Crippen LogP contribution in [-0.2, 0) is 23.7 Å². The molecule has 0 aromatic heterocycles. The Morgan fingerprint density at radius 1 is 1.05 bits per heavy atom. The van der Waals surface area contributed by atoms with Crippen molar-refractivity contribution in [2.24, 2.45) is 35.5 Å². The van der Waals surface area contributed by atoms with Crippen molar-refractivity contribution in [2.75, 3.05) is 14.2 Å². The maximum Gasteiger partial charge on any atom is 0.373 e. The summed E-state index contributed by atoms with van der Waals surface area (Å²) in [5.41, 5.74) is 1.83. The maximum absolute atomic E-state index is 13.5. The number of hydrogen-bond acceptors (Lipinski definition) is 8. The SMILES string of the molecule is CO/C1=C/C(C)=C\[C@@H](C)[C@@H](O)[C@@H](C)C/C(C)=C\C=C/[C@H](OC)[C@@H]([C@@H](C)[C@@H](O)[C@H](C)[C@@]2(O)CC[C@H](C)[C@@H](C(C)C)O2)OC1=O. The Morgan fingerprint density at radius 3 is 2.28 bits per heavy atom. The Labute approximate surface area is 259 Å². The summed E-state index contributed by atoms with van der Waals surface area (Å²) < 4.78 is 23.5. The van der Waals surface area contributed by atoms with Gasteiger partial charge in [0.2, 0.25) is 5.76 Å². The minimum absolute atomic E-state index is 0.00658. The molecule has 0 aliphatic carbocycles. The van der Waals surface area contributed by atoms with E-state index in [2.05, 4.69) is 20.8 Å². The van der Waals surface area contributed by atoms with Crippen LogP contribution in [0.3, 0.4) is 0 Å². The molecule has 8 nitrogen and oxygen atoms in total. The molecule has 0 radical (unpaired) electrons. The second-order valence-electron chi connectivity index (χ2n) is 13.4. The third kappa shape index (κ3) is 9.76. The van der Waals surface area contributed by atoms with Gasteiger partial charge in [-0.15, -0.1) is 0 Å². The summed E-state index contributed by atoms with van der Waals surface area (Å²) in [7, 11) is 2.93. The first kappa shape index (κ1) is 37.2. The third-order valence-corrected chi connectivity index (χ3v) is 9.39. The van der Waals surface area contributed by atoms with Gasteiger partial charge >= 0.3 is 5.97 Å². The van der Waals surface area contributed by atoms with E-state index in [4.69, 9.17) is 18.9 Å². The lowest BCUT2D eigenvalue weighted by Crippen LogP contribution is -2.55. The Hall–Kier alpha value is -1.97. The molecule has 246 valence electrons. The number of hydrogen-bond donors (Lipinski definition) is 3. The average molecular weight is 607 g/mol. The predicted octanol–water partition coefficient (Wildman–Crippen LogP) is 5.72. The first-order chi connectivity index (χ1) is 20.1. The van der Waals surface area contributed by atoms with Gasteiger partial charge in [0, 0.05) is 31.3 Å². The summed E-state index contributed by atoms with van der Waals surface area (Å²) in [6, 6.07) is 0. The highest BCUT2D eigenvalue weighted by Crippen LogP contribution is 2.41. The molecular weight excluding hydrogens is 548 g/mol. The monoisotopic (exact) mass is 606 g/mol. The second kappa shape index (κ2) is 16.4. The number of aliphatic hydroxyl groups is 3. The smallest absolute Gasteiger partial charge is 0.373 e. The molecule has 2 rings (SSSR count). The number of methoxy groups -OCH3 is 2. The Bertz CT molecular complexity index is 1030. The topological polar surface area (TPSA) is 115 Å². The highest BCUT2D eigenvalue weighted by atomic mass is 16.6. The largest absolute Gasteiger partial charge is 0.490 e. The molecule has 2 aliphatic rings. The summed E-state index contributed by atoms with van der Waals surface area (Å²) in [4.78, 5) is 13.5. The van der Waals surface area contributed by atoms with Gasteiger partial charge < -0.3 is 34.3 Å². The molecule has 0 aromatic rings. The summed E-state index contributed by atoms with van der Waals surface area (Å²) in [6.07, 6.45) is 7.60. The zero-order valence-corrected chi connectivity index (χ0v) is 28.2. The minimum Gasteiger partial charge on any atom is -0.490 e. The Morgan fingerprint density at radius 2 is 1.70 bits per heavy atom. The van der Waals surface area contributed by atoms with E-state index in [-0.39, 0.29) is 29.6 Å². The lowest BCUT2D eigenvalue weighted by Gasteiger charge is -2.47. The summed E-state index contributed by atoms with van der Waals surface area (Å²) in [5.74, 6) is -3.18. The summed E-state index contributed by atoms with van der Waals surface area (Å²) >= 11 is 0. The van der Waals surface area contributed by atoms with Crippen molar-refractivity contribution in [2.45, 2.75) is 118 Å². The number of esters is 1. The van der Waals surface area contributed by atoms with Gasteiger partial charge in [-0.05, 0) is 50.5 Å². The Kier molecular flexibility index (Phi) is 14.2. The molecule has 8 heteroatoms. The van der Waals surface area contributed by atoms with Crippen LogP contribution in [0.15, 0.2) is 47.3 Å². The maximum atomic E-state index is 13.5. The van der Waals surface area contributed by atoms with E-state index in [1.54, 1.807) is 26.0 Å². The number of rotatable bonds is 7. The van der Waals surface area contributed by atoms with Gasteiger partial charge in [0.05, 0.1) is 25.4 Å². The summed E-state index contributed by atoms with van der Waals surface area (Å²) in [6.45, 7) is 17.7. The van der Waals surface area contributed by atoms with E-state index in [0.717, 1.165) is 17.6 Å². The zero-order chi connectivity index (χ0) is 32.6. The van der Waals surface area contributed by atoms with Crippen molar-refractivity contribution in [1.29, 1.82) is 0 Å². The third-order valence-electron chi connectivity index (χ3n) is 9.39. The van der Waals surface area contributed by atoms with E-state index in [0.29, 0.717) is 18.8 Å². The Balaban J connectivity index is 2.50. The van der Waals surface area contributed by atoms with Gasteiger partial charge in [0.15, 0.2) is 5.79 Å². The van der Waals surface area contributed by atoms with Crippen LogP contribution in [0.1, 0.15) is 81.6 Å². The fraction of sp³-hybridized carbons (Fsp3) is 0.743. The molecule has 0 aromatic carbocycles. The van der Waals surface area contributed by atoms with Crippen LogP contribution in [0.25, 0.3) is 0 Å². The molecule has 43 heavy (non-hydrogen) atoms. The average Bonchev–Trinajstić information content (AvgIpc) is 2.95. The van der Waals surface area contributed by atoms with Crippen molar-refractivity contribution in [3.8, 4) is 0 Å². The number of aliphatic hydroxyl groups excluding tert-OH is 2. The quantitative estimate of drug-likeness (QED) is 0.315. The van der Waals surface area contributed by atoms with E-state index in [1.807, 2.05) is 45.9 Å². The van der Waals surface area contributed by atoms with Crippen molar-refractivity contribution >= 4 is 5.97 Å². The van der Waals surface area contributed by atoms with Crippen LogP contribution in [-0.4, -0.2) is 71.8 Å². The van der Waals surface area contributed by atoms with Crippen molar-refractivity contribution in [3.63, 3.8) is 0 Å². The van der Waals surface area contributed by atoms with E-state index >= 15 is 0 Å². The van der Waals surface area contributed by atoms with E-state index < -0.39 is 48.0 Å². The van der Waals surface area contributed by atoms with Gasteiger partial charge in [-0.25, -0.2) is 4.79 Å². The van der Waals surface area contributed by atoms with Gasteiger partial charge in [0.1, 0.15) is 12.2 Å². The number of carbonyl (C=O) groups excluding carboxylic acids is 1. The first-order valence-electron chi connectivity index (χ1n) is 15.8. The molecular formula is C35H58O8. The molecule has 0 amide bonds. The van der Waals surface area contributed by atoms with E-state index in [1.165, 1.54) is 14.2 Å². The molecule has 11 atom stereocenters. The minimum atomic E-state index is -1.52. The second-order valence-corrected chi connectivity index (χ2v) is 13.4. The molecule has 0 spiro atoms.